The Morgan fingerprint density at radius 2 is 1.29 bits per heavy atom. The van der Waals surface area contributed by atoms with Crippen LogP contribution in [0.15, 0.2) is 0 Å². The second-order valence-electron chi connectivity index (χ2n) is 7.21. The monoisotopic (exact) mass is 367 g/mol. The van der Waals surface area contributed by atoms with Gasteiger partial charge < -0.3 is 23.2 Å². The lowest BCUT2D eigenvalue weighted by molar-refractivity contribution is -0.870. The SMILES string of the molecule is CCCCCCCCOCCCCOP(=O)([O-])OCC[N+](C)(C)C. The van der Waals surface area contributed by atoms with Gasteiger partial charge in [0.15, 0.2) is 0 Å². The molecule has 0 fully saturated rings. The average Bonchev–Trinajstić information content (AvgIpc) is 2.46. The van der Waals surface area contributed by atoms with Gasteiger partial charge >= 0.3 is 0 Å². The largest absolute Gasteiger partial charge is 0.756 e. The minimum absolute atomic E-state index is 0.144. The van der Waals surface area contributed by atoms with Crippen LogP contribution >= 0.6 is 7.82 Å². The Kier molecular flexibility index (Phi) is 14.2. The molecule has 0 aromatic heterocycles. The summed E-state index contributed by atoms with van der Waals surface area (Å²) in [6.45, 7) is 4.58. The summed E-state index contributed by atoms with van der Waals surface area (Å²) in [7, 11) is 1.77. The van der Waals surface area contributed by atoms with Crippen molar-refractivity contribution in [3.8, 4) is 0 Å². The zero-order chi connectivity index (χ0) is 18.3. The van der Waals surface area contributed by atoms with E-state index in [0.717, 1.165) is 19.4 Å². The molecule has 0 aliphatic rings. The quantitative estimate of drug-likeness (QED) is 0.224. The maximum Gasteiger partial charge on any atom is 0.268 e. The van der Waals surface area contributed by atoms with Gasteiger partial charge in [-0.2, -0.15) is 0 Å². The maximum atomic E-state index is 11.5. The number of ether oxygens (including phenoxy) is 1. The minimum Gasteiger partial charge on any atom is -0.756 e. The molecular weight excluding hydrogens is 329 g/mol. The summed E-state index contributed by atoms with van der Waals surface area (Å²) in [5.74, 6) is 0. The van der Waals surface area contributed by atoms with Gasteiger partial charge in [0.1, 0.15) is 13.2 Å². The number of likely N-dealkylation sites (N-methyl/N-ethyl adjacent to an activating group) is 1. The Balaban J connectivity index is 3.38. The first-order valence-corrected chi connectivity index (χ1v) is 10.7. The van der Waals surface area contributed by atoms with Crippen LogP contribution in [-0.2, 0) is 18.3 Å². The Labute approximate surface area is 148 Å². The summed E-state index contributed by atoms with van der Waals surface area (Å²) in [5, 5.41) is 0. The van der Waals surface area contributed by atoms with Crippen molar-refractivity contribution in [2.45, 2.75) is 58.3 Å². The predicted octanol–water partition coefficient (Wildman–Crippen LogP) is 3.35. The number of phosphoric ester groups is 1. The lowest BCUT2D eigenvalue weighted by atomic mass is 10.1. The number of hydrogen-bond donors (Lipinski definition) is 0. The second-order valence-corrected chi connectivity index (χ2v) is 8.63. The van der Waals surface area contributed by atoms with Gasteiger partial charge in [-0.05, 0) is 19.3 Å². The third-order valence-corrected chi connectivity index (χ3v) is 4.58. The van der Waals surface area contributed by atoms with Crippen molar-refractivity contribution in [3.63, 3.8) is 0 Å². The van der Waals surface area contributed by atoms with Crippen molar-refractivity contribution in [1.29, 1.82) is 0 Å². The maximum absolute atomic E-state index is 11.5. The highest BCUT2D eigenvalue weighted by Gasteiger charge is 2.12. The third-order valence-electron chi connectivity index (χ3n) is 3.59. The number of unbranched alkanes of at least 4 members (excludes halogenated alkanes) is 6. The van der Waals surface area contributed by atoms with Crippen molar-refractivity contribution >= 4 is 7.82 Å². The second kappa shape index (κ2) is 14.2. The van der Waals surface area contributed by atoms with Crippen LogP contribution in [0.3, 0.4) is 0 Å². The van der Waals surface area contributed by atoms with E-state index in [1.165, 1.54) is 32.1 Å². The smallest absolute Gasteiger partial charge is 0.268 e. The fourth-order valence-corrected chi connectivity index (χ4v) is 2.77. The molecule has 7 heteroatoms. The van der Waals surface area contributed by atoms with Crippen LogP contribution in [-0.4, -0.2) is 58.6 Å². The van der Waals surface area contributed by atoms with Gasteiger partial charge in [0, 0.05) is 13.2 Å². The number of quaternary nitrogens is 1. The highest BCUT2D eigenvalue weighted by molar-refractivity contribution is 7.45. The molecule has 0 rings (SSSR count). The van der Waals surface area contributed by atoms with E-state index in [0.29, 0.717) is 24.1 Å². The number of phosphoric acid groups is 1. The van der Waals surface area contributed by atoms with Crippen LogP contribution < -0.4 is 4.89 Å². The zero-order valence-electron chi connectivity index (χ0n) is 16.1. The van der Waals surface area contributed by atoms with Crippen LogP contribution in [0.5, 0.6) is 0 Å². The topological polar surface area (TPSA) is 67.8 Å². The summed E-state index contributed by atoms with van der Waals surface area (Å²) in [6.07, 6.45) is 9.00. The fourth-order valence-electron chi connectivity index (χ4n) is 2.03. The molecule has 0 aliphatic carbocycles. The molecule has 0 aromatic carbocycles. The molecule has 0 heterocycles. The molecule has 6 nitrogen and oxygen atoms in total. The number of nitrogens with zero attached hydrogens (tertiary/aromatic N) is 1. The number of rotatable bonds is 17. The lowest BCUT2D eigenvalue weighted by Crippen LogP contribution is -2.37. The molecule has 0 aliphatic heterocycles. The first kappa shape index (κ1) is 24.0. The summed E-state index contributed by atoms with van der Waals surface area (Å²) < 4.78 is 27.4. The molecular formula is C17H38NO5P. The standard InChI is InChI=1S/C17H38NO5P/c1-5-6-7-8-9-10-14-21-15-11-12-16-22-24(19,20)23-17-13-18(2,3)4/h5-17H2,1-4H3. The summed E-state index contributed by atoms with van der Waals surface area (Å²) in [4.78, 5) is 11.5. The van der Waals surface area contributed by atoms with Crippen LogP contribution in [0.25, 0.3) is 0 Å². The van der Waals surface area contributed by atoms with Gasteiger partial charge in [-0.25, -0.2) is 0 Å². The Morgan fingerprint density at radius 1 is 0.792 bits per heavy atom. The molecule has 0 bridgehead atoms. The average molecular weight is 367 g/mol. The van der Waals surface area contributed by atoms with Gasteiger partial charge in [0.05, 0.1) is 27.7 Å². The highest BCUT2D eigenvalue weighted by atomic mass is 31.2. The van der Waals surface area contributed by atoms with Gasteiger partial charge in [-0.3, -0.25) is 4.57 Å². The van der Waals surface area contributed by atoms with Crippen molar-refractivity contribution in [2.24, 2.45) is 0 Å². The van der Waals surface area contributed by atoms with E-state index in [1.807, 2.05) is 21.1 Å². The van der Waals surface area contributed by atoms with E-state index in [9.17, 15) is 9.46 Å². The minimum atomic E-state index is -4.16. The third kappa shape index (κ3) is 18.4. The highest BCUT2D eigenvalue weighted by Crippen LogP contribution is 2.38. The van der Waals surface area contributed by atoms with Crippen LogP contribution in [0.4, 0.5) is 0 Å². The Morgan fingerprint density at radius 3 is 1.92 bits per heavy atom. The van der Waals surface area contributed by atoms with Gasteiger partial charge in [0.25, 0.3) is 7.82 Å². The van der Waals surface area contributed by atoms with Crippen LogP contribution in [0, 0.1) is 0 Å². The van der Waals surface area contributed by atoms with Gasteiger partial charge in [0.2, 0.25) is 0 Å². The molecule has 0 spiro atoms. The molecule has 1 atom stereocenters. The van der Waals surface area contributed by atoms with Crippen LogP contribution in [0.1, 0.15) is 58.3 Å². The lowest BCUT2D eigenvalue weighted by Gasteiger charge is -2.27. The van der Waals surface area contributed by atoms with E-state index >= 15 is 0 Å². The molecule has 0 saturated heterocycles. The summed E-state index contributed by atoms with van der Waals surface area (Å²) in [6, 6.07) is 0. The molecule has 24 heavy (non-hydrogen) atoms. The molecule has 0 N–H and O–H groups in total. The fraction of sp³-hybridized carbons (Fsp3) is 1.00. The van der Waals surface area contributed by atoms with Gasteiger partial charge in [-0.15, -0.1) is 0 Å². The predicted molar refractivity (Wildman–Crippen MR) is 95.8 cm³/mol. The van der Waals surface area contributed by atoms with Crippen molar-refractivity contribution < 1.29 is 27.7 Å². The van der Waals surface area contributed by atoms with Crippen molar-refractivity contribution in [3.05, 3.63) is 0 Å². The number of hydrogen-bond acceptors (Lipinski definition) is 5. The van der Waals surface area contributed by atoms with Crippen molar-refractivity contribution in [1.82, 2.24) is 0 Å². The molecule has 1 unspecified atom stereocenters. The van der Waals surface area contributed by atoms with E-state index in [4.69, 9.17) is 13.8 Å². The first-order chi connectivity index (χ1) is 11.3. The Bertz CT molecular complexity index is 333. The van der Waals surface area contributed by atoms with E-state index in [1.54, 1.807) is 0 Å². The van der Waals surface area contributed by atoms with E-state index in [2.05, 4.69) is 6.92 Å². The van der Waals surface area contributed by atoms with Crippen molar-refractivity contribution in [2.75, 3.05) is 54.1 Å². The molecule has 0 radical (unpaired) electrons. The normalized spacial score (nSPS) is 14.7. The molecule has 0 saturated carbocycles. The van der Waals surface area contributed by atoms with E-state index in [-0.39, 0.29) is 13.2 Å². The molecule has 0 aromatic rings. The zero-order valence-corrected chi connectivity index (χ0v) is 17.0. The van der Waals surface area contributed by atoms with E-state index < -0.39 is 7.82 Å². The Hall–Kier alpha value is 0.0300. The first-order valence-electron chi connectivity index (χ1n) is 9.25. The molecule has 0 amide bonds. The summed E-state index contributed by atoms with van der Waals surface area (Å²) >= 11 is 0. The summed E-state index contributed by atoms with van der Waals surface area (Å²) in [5.41, 5.74) is 0. The van der Waals surface area contributed by atoms with Gasteiger partial charge in [-0.1, -0.05) is 39.0 Å². The molecule has 146 valence electrons. The van der Waals surface area contributed by atoms with Crippen LogP contribution in [0.2, 0.25) is 0 Å².